The summed E-state index contributed by atoms with van der Waals surface area (Å²) in [7, 11) is 0. The molecule has 1 N–H and O–H groups in total. The second-order valence-electron chi connectivity index (χ2n) is 3.49. The average Bonchev–Trinajstić information content (AvgIpc) is 3.00. The monoisotopic (exact) mass is 222 g/mol. The van der Waals surface area contributed by atoms with Gasteiger partial charge in [-0.05, 0) is 11.1 Å². The molecule has 0 saturated carbocycles. The van der Waals surface area contributed by atoms with Gasteiger partial charge in [-0.25, -0.2) is 4.98 Å². The van der Waals surface area contributed by atoms with Crippen molar-refractivity contribution in [2.75, 3.05) is 0 Å². The number of H-pyrrole nitrogens is 1. The zero-order chi connectivity index (χ0) is 11.8. The largest absolute Gasteiger partial charge is 0.351 e. The van der Waals surface area contributed by atoms with E-state index >= 15 is 0 Å². The van der Waals surface area contributed by atoms with Crippen molar-refractivity contribution in [2.24, 2.45) is 0 Å². The van der Waals surface area contributed by atoms with Gasteiger partial charge in [-0.15, -0.1) is 0 Å². The number of aromatic amines is 1. The standard InChI is InChI=1S/C12H10.C3H4N2/c1-3-7-11(8-4-1)12-9-5-2-6-10-12;1-2-5-3-4-1/h1-10H;1-3H,(H,4,5). The minimum atomic E-state index is 1.28. The van der Waals surface area contributed by atoms with Gasteiger partial charge in [0, 0.05) is 12.4 Å². The van der Waals surface area contributed by atoms with E-state index in [1.165, 1.54) is 11.1 Å². The molecule has 0 aliphatic rings. The topological polar surface area (TPSA) is 28.7 Å². The lowest BCUT2D eigenvalue weighted by Crippen LogP contribution is -1.73. The molecule has 2 nitrogen and oxygen atoms in total. The van der Waals surface area contributed by atoms with E-state index in [4.69, 9.17) is 0 Å². The fraction of sp³-hybridized carbons (Fsp3) is 0. The van der Waals surface area contributed by atoms with Crippen LogP contribution < -0.4 is 0 Å². The Hall–Kier alpha value is -2.35. The summed E-state index contributed by atoms with van der Waals surface area (Å²) in [5.41, 5.74) is 2.55. The Morgan fingerprint density at radius 2 is 1.24 bits per heavy atom. The molecule has 0 saturated heterocycles. The molecule has 0 aliphatic carbocycles. The van der Waals surface area contributed by atoms with Gasteiger partial charge in [0.2, 0.25) is 0 Å². The summed E-state index contributed by atoms with van der Waals surface area (Å²) in [6.07, 6.45) is 5.08. The zero-order valence-corrected chi connectivity index (χ0v) is 9.45. The average molecular weight is 222 g/mol. The summed E-state index contributed by atoms with van der Waals surface area (Å²) in [5.74, 6) is 0. The summed E-state index contributed by atoms with van der Waals surface area (Å²) in [6.45, 7) is 0. The third-order valence-corrected chi connectivity index (χ3v) is 2.29. The Kier molecular flexibility index (Phi) is 4.12. The van der Waals surface area contributed by atoms with Crippen molar-refractivity contribution in [3.8, 4) is 11.1 Å². The summed E-state index contributed by atoms with van der Waals surface area (Å²) in [6, 6.07) is 20.8. The highest BCUT2D eigenvalue weighted by atomic mass is 14.8. The van der Waals surface area contributed by atoms with E-state index in [-0.39, 0.29) is 0 Å². The van der Waals surface area contributed by atoms with E-state index in [2.05, 4.69) is 58.5 Å². The van der Waals surface area contributed by atoms with Gasteiger partial charge < -0.3 is 4.98 Å². The van der Waals surface area contributed by atoms with Gasteiger partial charge in [-0.2, -0.15) is 0 Å². The minimum Gasteiger partial charge on any atom is -0.351 e. The quantitative estimate of drug-likeness (QED) is 0.667. The van der Waals surface area contributed by atoms with Crippen LogP contribution in [-0.2, 0) is 0 Å². The highest BCUT2D eigenvalue weighted by Gasteiger charge is 1.91. The first-order valence-corrected chi connectivity index (χ1v) is 5.50. The smallest absolute Gasteiger partial charge is 0.0919 e. The molecule has 1 heterocycles. The lowest BCUT2D eigenvalue weighted by atomic mass is 10.1. The molecule has 2 heteroatoms. The summed E-state index contributed by atoms with van der Waals surface area (Å²) >= 11 is 0. The van der Waals surface area contributed by atoms with Gasteiger partial charge in [0.15, 0.2) is 0 Å². The Balaban J connectivity index is 0.000000181. The molecule has 0 bridgehead atoms. The van der Waals surface area contributed by atoms with Crippen molar-refractivity contribution in [2.45, 2.75) is 0 Å². The molecular formula is C15H14N2. The van der Waals surface area contributed by atoms with Gasteiger partial charge in [0.25, 0.3) is 0 Å². The fourth-order valence-corrected chi connectivity index (χ4v) is 1.48. The maximum Gasteiger partial charge on any atom is 0.0919 e. The first-order valence-electron chi connectivity index (χ1n) is 5.50. The number of nitrogens with one attached hydrogen (secondary N) is 1. The van der Waals surface area contributed by atoms with Crippen molar-refractivity contribution in [1.82, 2.24) is 9.97 Å². The van der Waals surface area contributed by atoms with Crippen LogP contribution in [0.15, 0.2) is 79.4 Å². The molecule has 0 unspecified atom stereocenters. The van der Waals surface area contributed by atoms with E-state index in [9.17, 15) is 0 Å². The lowest BCUT2D eigenvalue weighted by molar-refractivity contribution is 1.31. The van der Waals surface area contributed by atoms with Crippen LogP contribution in [-0.4, -0.2) is 9.97 Å². The molecule has 1 aromatic heterocycles. The zero-order valence-electron chi connectivity index (χ0n) is 9.45. The molecule has 0 aliphatic heterocycles. The van der Waals surface area contributed by atoms with Crippen molar-refractivity contribution in [1.29, 1.82) is 0 Å². The molecule has 84 valence electrons. The molecule has 17 heavy (non-hydrogen) atoms. The van der Waals surface area contributed by atoms with Crippen LogP contribution in [0, 0.1) is 0 Å². The summed E-state index contributed by atoms with van der Waals surface area (Å²) < 4.78 is 0. The van der Waals surface area contributed by atoms with Crippen LogP contribution in [0.25, 0.3) is 11.1 Å². The molecule has 3 rings (SSSR count). The Labute approximate surface area is 101 Å². The van der Waals surface area contributed by atoms with Crippen molar-refractivity contribution in [3.05, 3.63) is 79.4 Å². The molecule has 0 fully saturated rings. The molecule has 3 aromatic rings. The number of benzene rings is 2. The maximum absolute atomic E-state index is 3.67. The van der Waals surface area contributed by atoms with Crippen LogP contribution in [0.5, 0.6) is 0 Å². The number of imidazole rings is 1. The fourth-order valence-electron chi connectivity index (χ4n) is 1.48. The molecular weight excluding hydrogens is 208 g/mol. The number of aromatic nitrogens is 2. The number of hydrogen-bond donors (Lipinski definition) is 1. The predicted octanol–water partition coefficient (Wildman–Crippen LogP) is 3.76. The molecule has 0 amide bonds. The Bertz CT molecular complexity index is 446. The number of rotatable bonds is 1. The van der Waals surface area contributed by atoms with E-state index < -0.39 is 0 Å². The SMILES string of the molecule is c1c[nH]cn1.c1ccc(-c2ccccc2)cc1. The highest BCUT2D eigenvalue weighted by Crippen LogP contribution is 2.17. The summed E-state index contributed by atoms with van der Waals surface area (Å²) in [5, 5.41) is 0. The van der Waals surface area contributed by atoms with Gasteiger partial charge in [0.05, 0.1) is 6.33 Å². The van der Waals surface area contributed by atoms with Crippen LogP contribution in [0.1, 0.15) is 0 Å². The van der Waals surface area contributed by atoms with E-state index in [0.717, 1.165) is 0 Å². The van der Waals surface area contributed by atoms with E-state index in [1.807, 2.05) is 12.1 Å². The third-order valence-electron chi connectivity index (χ3n) is 2.29. The van der Waals surface area contributed by atoms with Crippen LogP contribution in [0.2, 0.25) is 0 Å². The highest BCUT2D eigenvalue weighted by molar-refractivity contribution is 5.62. The summed E-state index contributed by atoms with van der Waals surface area (Å²) in [4.78, 5) is 6.42. The Morgan fingerprint density at radius 1 is 0.706 bits per heavy atom. The molecule has 0 atom stereocenters. The number of hydrogen-bond acceptors (Lipinski definition) is 1. The minimum absolute atomic E-state index is 1.28. The Morgan fingerprint density at radius 3 is 1.53 bits per heavy atom. The first-order chi connectivity index (χ1) is 8.47. The predicted molar refractivity (Wildman–Crippen MR) is 70.5 cm³/mol. The van der Waals surface area contributed by atoms with Gasteiger partial charge in [0.1, 0.15) is 0 Å². The van der Waals surface area contributed by atoms with Crippen molar-refractivity contribution >= 4 is 0 Å². The van der Waals surface area contributed by atoms with Crippen molar-refractivity contribution < 1.29 is 0 Å². The van der Waals surface area contributed by atoms with Crippen LogP contribution >= 0.6 is 0 Å². The normalized spacial score (nSPS) is 9.18. The lowest BCUT2D eigenvalue weighted by Gasteiger charge is -1.98. The molecule has 0 radical (unpaired) electrons. The maximum atomic E-state index is 3.67. The second-order valence-corrected chi connectivity index (χ2v) is 3.49. The van der Waals surface area contributed by atoms with Crippen LogP contribution in [0.4, 0.5) is 0 Å². The van der Waals surface area contributed by atoms with E-state index in [0.29, 0.717) is 0 Å². The van der Waals surface area contributed by atoms with Gasteiger partial charge >= 0.3 is 0 Å². The van der Waals surface area contributed by atoms with E-state index in [1.54, 1.807) is 18.7 Å². The second kappa shape index (κ2) is 6.28. The van der Waals surface area contributed by atoms with Crippen molar-refractivity contribution in [3.63, 3.8) is 0 Å². The van der Waals surface area contributed by atoms with Gasteiger partial charge in [-0.3, -0.25) is 0 Å². The first kappa shape index (κ1) is 11.1. The molecule has 0 spiro atoms. The number of nitrogens with zero attached hydrogens (tertiary/aromatic N) is 1. The van der Waals surface area contributed by atoms with Gasteiger partial charge in [-0.1, -0.05) is 60.7 Å². The molecule has 2 aromatic carbocycles. The van der Waals surface area contributed by atoms with Crippen LogP contribution in [0.3, 0.4) is 0 Å². The third kappa shape index (κ3) is 3.61.